The van der Waals surface area contributed by atoms with E-state index in [9.17, 15) is 14.0 Å². The molecule has 138 valence electrons. The molecule has 5 nitrogen and oxygen atoms in total. The number of piperidine rings is 1. The number of halogens is 1. The molecular weight excluding hydrogens is 335 g/mol. The van der Waals surface area contributed by atoms with Crippen LogP contribution < -0.4 is 0 Å². The SMILES string of the molecule is CC(c1ccc(F)cc1)N(C)C(=O)C1CCN(C(=O)c2ccco2)CC1. The Kier molecular flexibility index (Phi) is 5.40. The van der Waals surface area contributed by atoms with Gasteiger partial charge in [-0.3, -0.25) is 9.59 Å². The predicted molar refractivity (Wildman–Crippen MR) is 94.9 cm³/mol. The van der Waals surface area contributed by atoms with Crippen molar-refractivity contribution in [2.75, 3.05) is 20.1 Å². The van der Waals surface area contributed by atoms with Crippen molar-refractivity contribution >= 4 is 11.8 Å². The normalized spacial score (nSPS) is 16.3. The van der Waals surface area contributed by atoms with E-state index >= 15 is 0 Å². The summed E-state index contributed by atoms with van der Waals surface area (Å²) in [7, 11) is 1.77. The molecule has 0 N–H and O–H groups in total. The second-order valence-electron chi connectivity index (χ2n) is 6.72. The maximum Gasteiger partial charge on any atom is 0.289 e. The summed E-state index contributed by atoms with van der Waals surface area (Å²) in [5.74, 6) is -0.134. The van der Waals surface area contributed by atoms with E-state index in [4.69, 9.17) is 4.42 Å². The first kappa shape index (κ1) is 18.2. The number of carbonyl (C=O) groups excluding carboxylic acids is 2. The molecule has 26 heavy (non-hydrogen) atoms. The molecule has 3 rings (SSSR count). The Bertz CT molecular complexity index is 750. The number of likely N-dealkylation sites (tertiary alicyclic amines) is 1. The van der Waals surface area contributed by atoms with E-state index in [1.807, 2.05) is 6.92 Å². The fraction of sp³-hybridized carbons (Fsp3) is 0.400. The summed E-state index contributed by atoms with van der Waals surface area (Å²) < 4.78 is 18.2. The minimum Gasteiger partial charge on any atom is -0.459 e. The van der Waals surface area contributed by atoms with E-state index in [0.29, 0.717) is 31.7 Å². The van der Waals surface area contributed by atoms with Gasteiger partial charge in [0, 0.05) is 26.1 Å². The number of hydrogen-bond donors (Lipinski definition) is 0. The highest BCUT2D eigenvalue weighted by atomic mass is 19.1. The van der Waals surface area contributed by atoms with Crippen molar-refractivity contribution in [2.24, 2.45) is 5.92 Å². The summed E-state index contributed by atoms with van der Waals surface area (Å²) in [6, 6.07) is 9.42. The zero-order chi connectivity index (χ0) is 18.7. The average Bonchev–Trinajstić information content (AvgIpc) is 3.21. The molecule has 1 saturated heterocycles. The van der Waals surface area contributed by atoms with E-state index in [1.54, 1.807) is 41.1 Å². The second kappa shape index (κ2) is 7.72. The Morgan fingerprint density at radius 1 is 1.19 bits per heavy atom. The number of nitrogens with zero attached hydrogens (tertiary/aromatic N) is 2. The van der Waals surface area contributed by atoms with Gasteiger partial charge in [-0.15, -0.1) is 0 Å². The summed E-state index contributed by atoms with van der Waals surface area (Å²) in [4.78, 5) is 28.6. The Morgan fingerprint density at radius 3 is 2.42 bits per heavy atom. The van der Waals surface area contributed by atoms with Crippen molar-refractivity contribution < 1.29 is 18.4 Å². The number of rotatable bonds is 4. The monoisotopic (exact) mass is 358 g/mol. The molecule has 1 fully saturated rings. The van der Waals surface area contributed by atoms with Crippen LogP contribution in [0.1, 0.15) is 41.9 Å². The van der Waals surface area contributed by atoms with Crippen LogP contribution in [-0.4, -0.2) is 41.8 Å². The standard InChI is InChI=1S/C20H23FN2O3/c1-14(15-5-7-17(21)8-6-15)22(2)19(24)16-9-11-23(12-10-16)20(25)18-4-3-13-26-18/h3-8,13-14,16H,9-12H2,1-2H3. The van der Waals surface area contributed by atoms with Crippen LogP contribution in [0.3, 0.4) is 0 Å². The van der Waals surface area contributed by atoms with Crippen LogP contribution in [-0.2, 0) is 4.79 Å². The van der Waals surface area contributed by atoms with Gasteiger partial charge in [-0.25, -0.2) is 4.39 Å². The van der Waals surface area contributed by atoms with Gasteiger partial charge in [-0.05, 0) is 49.6 Å². The quantitative estimate of drug-likeness (QED) is 0.841. The van der Waals surface area contributed by atoms with Gasteiger partial charge in [0.15, 0.2) is 5.76 Å². The fourth-order valence-electron chi connectivity index (χ4n) is 3.33. The lowest BCUT2D eigenvalue weighted by Gasteiger charge is -2.34. The molecule has 1 aromatic carbocycles. The zero-order valence-electron chi connectivity index (χ0n) is 15.0. The molecule has 0 aliphatic carbocycles. The van der Waals surface area contributed by atoms with Crippen LogP contribution in [0.25, 0.3) is 0 Å². The minimum absolute atomic E-state index is 0.0620. The third kappa shape index (κ3) is 3.79. The van der Waals surface area contributed by atoms with Gasteiger partial charge >= 0.3 is 0 Å². The molecule has 1 aliphatic heterocycles. The molecule has 2 aromatic rings. The van der Waals surface area contributed by atoms with Crippen LogP contribution in [0, 0.1) is 11.7 Å². The van der Waals surface area contributed by atoms with Gasteiger partial charge in [-0.1, -0.05) is 12.1 Å². The molecule has 0 saturated carbocycles. The topological polar surface area (TPSA) is 53.8 Å². The lowest BCUT2D eigenvalue weighted by molar-refractivity contribution is -0.137. The number of furan rings is 1. The van der Waals surface area contributed by atoms with Crippen molar-refractivity contribution in [3.05, 3.63) is 59.8 Å². The molecule has 1 atom stereocenters. The number of benzene rings is 1. The maximum absolute atomic E-state index is 13.1. The summed E-state index contributed by atoms with van der Waals surface area (Å²) >= 11 is 0. The Hall–Kier alpha value is -2.63. The molecule has 6 heteroatoms. The highest BCUT2D eigenvalue weighted by Crippen LogP contribution is 2.26. The van der Waals surface area contributed by atoms with Crippen LogP contribution in [0.4, 0.5) is 4.39 Å². The zero-order valence-corrected chi connectivity index (χ0v) is 15.0. The van der Waals surface area contributed by atoms with Gasteiger partial charge in [0.05, 0.1) is 12.3 Å². The van der Waals surface area contributed by atoms with E-state index in [0.717, 1.165) is 5.56 Å². The molecular formula is C20H23FN2O3. The number of hydrogen-bond acceptors (Lipinski definition) is 3. The maximum atomic E-state index is 13.1. The summed E-state index contributed by atoms with van der Waals surface area (Å²) in [5, 5.41) is 0. The number of amides is 2. The third-order valence-corrected chi connectivity index (χ3v) is 5.14. The molecule has 2 heterocycles. The average molecular weight is 358 g/mol. The van der Waals surface area contributed by atoms with E-state index < -0.39 is 0 Å². The van der Waals surface area contributed by atoms with Crippen molar-refractivity contribution in [1.29, 1.82) is 0 Å². The van der Waals surface area contributed by atoms with Gasteiger partial charge in [0.2, 0.25) is 5.91 Å². The molecule has 0 radical (unpaired) electrons. The van der Waals surface area contributed by atoms with Gasteiger partial charge in [0.25, 0.3) is 5.91 Å². The van der Waals surface area contributed by atoms with Gasteiger partial charge in [-0.2, -0.15) is 0 Å². The minimum atomic E-state index is -0.288. The Morgan fingerprint density at radius 2 is 1.85 bits per heavy atom. The van der Waals surface area contributed by atoms with Crippen molar-refractivity contribution in [1.82, 2.24) is 9.80 Å². The third-order valence-electron chi connectivity index (χ3n) is 5.14. The smallest absolute Gasteiger partial charge is 0.289 e. The van der Waals surface area contributed by atoms with Crippen LogP contribution in [0.5, 0.6) is 0 Å². The first-order valence-corrected chi connectivity index (χ1v) is 8.82. The van der Waals surface area contributed by atoms with Crippen LogP contribution in [0.2, 0.25) is 0 Å². The molecule has 0 bridgehead atoms. The van der Waals surface area contributed by atoms with Crippen LogP contribution in [0.15, 0.2) is 47.1 Å². The highest BCUT2D eigenvalue weighted by molar-refractivity contribution is 5.91. The van der Waals surface area contributed by atoms with Crippen molar-refractivity contribution in [3.8, 4) is 0 Å². The molecule has 2 amide bonds. The first-order valence-electron chi connectivity index (χ1n) is 8.82. The largest absolute Gasteiger partial charge is 0.459 e. The molecule has 1 aliphatic rings. The van der Waals surface area contributed by atoms with Crippen LogP contribution >= 0.6 is 0 Å². The summed E-state index contributed by atoms with van der Waals surface area (Å²) in [6.07, 6.45) is 2.74. The highest BCUT2D eigenvalue weighted by Gasteiger charge is 2.31. The first-order chi connectivity index (χ1) is 12.5. The number of carbonyl (C=O) groups is 2. The predicted octanol–water partition coefficient (Wildman–Crippen LogP) is 3.49. The van der Waals surface area contributed by atoms with Gasteiger partial charge < -0.3 is 14.2 Å². The summed E-state index contributed by atoms with van der Waals surface area (Å²) in [5.41, 5.74) is 0.896. The van der Waals surface area contributed by atoms with E-state index in [1.165, 1.54) is 18.4 Å². The van der Waals surface area contributed by atoms with E-state index in [-0.39, 0.29) is 29.6 Å². The van der Waals surface area contributed by atoms with Crippen molar-refractivity contribution in [3.63, 3.8) is 0 Å². The summed E-state index contributed by atoms with van der Waals surface area (Å²) in [6.45, 7) is 3.00. The molecule has 0 spiro atoms. The lowest BCUT2D eigenvalue weighted by atomic mass is 9.94. The Labute approximate surface area is 152 Å². The second-order valence-corrected chi connectivity index (χ2v) is 6.72. The van der Waals surface area contributed by atoms with Gasteiger partial charge in [0.1, 0.15) is 5.82 Å². The molecule has 1 unspecified atom stereocenters. The molecule has 1 aromatic heterocycles. The fourth-order valence-corrected chi connectivity index (χ4v) is 3.33. The van der Waals surface area contributed by atoms with E-state index in [2.05, 4.69) is 0 Å². The lowest BCUT2D eigenvalue weighted by Crippen LogP contribution is -2.44. The van der Waals surface area contributed by atoms with Crippen molar-refractivity contribution in [2.45, 2.75) is 25.8 Å². The Balaban J connectivity index is 1.57.